The normalized spacial score (nSPS) is 10.5. The van der Waals surface area contributed by atoms with Crippen LogP contribution in [-0.4, -0.2) is 19.9 Å². The van der Waals surface area contributed by atoms with Gasteiger partial charge in [-0.1, -0.05) is 0 Å². The molecule has 0 saturated carbocycles. The van der Waals surface area contributed by atoms with Gasteiger partial charge in [-0.25, -0.2) is 9.97 Å². The Morgan fingerprint density at radius 2 is 1.69 bits per heavy atom. The number of aromatic nitrogens is 4. The minimum Gasteiger partial charge on any atom is -0.457 e. The van der Waals surface area contributed by atoms with Gasteiger partial charge in [0.15, 0.2) is 0 Å². The van der Waals surface area contributed by atoms with Gasteiger partial charge in [-0.05, 0) is 49.4 Å². The van der Waals surface area contributed by atoms with Crippen LogP contribution < -0.4 is 21.5 Å². The van der Waals surface area contributed by atoms with Crippen molar-refractivity contribution in [2.75, 3.05) is 16.8 Å². The van der Waals surface area contributed by atoms with Gasteiger partial charge in [0.2, 0.25) is 5.95 Å². The maximum Gasteiger partial charge on any atom is 0.221 e. The molecule has 5 N–H and O–H groups in total. The third-order valence-electron chi connectivity index (χ3n) is 4.13. The molecule has 0 bridgehead atoms. The van der Waals surface area contributed by atoms with Crippen LogP contribution in [0, 0.1) is 6.92 Å². The predicted molar refractivity (Wildman–Crippen MR) is 113 cm³/mol. The minimum absolute atomic E-state index is 0.174. The number of nitrogen functional groups attached to an aromatic ring is 2. The highest BCUT2D eigenvalue weighted by Crippen LogP contribution is 2.30. The van der Waals surface area contributed by atoms with E-state index in [9.17, 15) is 0 Å². The van der Waals surface area contributed by atoms with Gasteiger partial charge in [0.25, 0.3) is 0 Å². The third kappa shape index (κ3) is 4.38. The lowest BCUT2D eigenvalue weighted by molar-refractivity contribution is 0.481. The Kier molecular flexibility index (Phi) is 4.90. The van der Waals surface area contributed by atoms with Crippen LogP contribution in [0.25, 0.3) is 11.1 Å². The van der Waals surface area contributed by atoms with Crippen molar-refractivity contribution in [3.8, 4) is 22.6 Å². The van der Waals surface area contributed by atoms with Gasteiger partial charge in [-0.3, -0.25) is 4.98 Å². The predicted octanol–water partition coefficient (Wildman–Crippen LogP) is 3.94. The number of hydrogen-bond acceptors (Lipinski definition) is 8. The lowest BCUT2D eigenvalue weighted by atomic mass is 10.1. The molecule has 4 rings (SSSR count). The molecule has 144 valence electrons. The Hall–Kier alpha value is -4.20. The number of ether oxygens (including phenoxy) is 1. The molecular weight excluding hydrogens is 366 g/mol. The first-order valence-electron chi connectivity index (χ1n) is 8.89. The topological polar surface area (TPSA) is 125 Å². The van der Waals surface area contributed by atoms with Crippen molar-refractivity contribution in [2.24, 2.45) is 0 Å². The molecule has 0 saturated heterocycles. The fourth-order valence-electron chi connectivity index (χ4n) is 2.73. The van der Waals surface area contributed by atoms with Gasteiger partial charge < -0.3 is 21.5 Å². The van der Waals surface area contributed by atoms with E-state index in [4.69, 9.17) is 16.2 Å². The van der Waals surface area contributed by atoms with Crippen molar-refractivity contribution in [3.63, 3.8) is 0 Å². The number of nitrogens with two attached hydrogens (primary N) is 2. The third-order valence-corrected chi connectivity index (χ3v) is 4.13. The zero-order valence-electron chi connectivity index (χ0n) is 15.7. The molecule has 1 aromatic carbocycles. The molecule has 0 atom stereocenters. The summed E-state index contributed by atoms with van der Waals surface area (Å²) < 4.78 is 5.85. The summed E-state index contributed by atoms with van der Waals surface area (Å²) in [5.41, 5.74) is 14.8. The highest BCUT2D eigenvalue weighted by Gasteiger charge is 2.10. The molecule has 0 aliphatic carbocycles. The molecule has 0 spiro atoms. The van der Waals surface area contributed by atoms with E-state index in [1.165, 1.54) is 0 Å². The van der Waals surface area contributed by atoms with E-state index in [-0.39, 0.29) is 5.95 Å². The van der Waals surface area contributed by atoms with Crippen molar-refractivity contribution in [1.82, 2.24) is 19.9 Å². The number of aryl methyl sites for hydroxylation is 1. The van der Waals surface area contributed by atoms with Crippen LogP contribution in [0.2, 0.25) is 0 Å². The first-order valence-corrected chi connectivity index (χ1v) is 8.89. The summed E-state index contributed by atoms with van der Waals surface area (Å²) in [6, 6.07) is 14.8. The SMILES string of the molecule is Cc1cc(Oc2ccc(Nc3nc(N)ncc3-c3ccc(N)nc3)cc2)ccn1. The van der Waals surface area contributed by atoms with E-state index in [0.717, 1.165) is 28.3 Å². The summed E-state index contributed by atoms with van der Waals surface area (Å²) in [4.78, 5) is 16.7. The maximum atomic E-state index is 5.85. The maximum absolute atomic E-state index is 5.85. The fourth-order valence-corrected chi connectivity index (χ4v) is 2.73. The highest BCUT2D eigenvalue weighted by molar-refractivity contribution is 5.78. The molecule has 8 nitrogen and oxygen atoms in total. The van der Waals surface area contributed by atoms with E-state index < -0.39 is 0 Å². The first-order chi connectivity index (χ1) is 14.1. The molecule has 29 heavy (non-hydrogen) atoms. The van der Waals surface area contributed by atoms with Crippen LogP contribution in [0.5, 0.6) is 11.5 Å². The number of nitrogens with one attached hydrogen (secondary N) is 1. The van der Waals surface area contributed by atoms with Crippen LogP contribution in [0.15, 0.2) is 67.1 Å². The summed E-state index contributed by atoms with van der Waals surface area (Å²) in [6.45, 7) is 1.92. The second-order valence-electron chi connectivity index (χ2n) is 6.35. The Morgan fingerprint density at radius 1 is 0.862 bits per heavy atom. The lowest BCUT2D eigenvalue weighted by Gasteiger charge is -2.12. The van der Waals surface area contributed by atoms with Crippen LogP contribution >= 0.6 is 0 Å². The summed E-state index contributed by atoms with van der Waals surface area (Å²) in [5.74, 6) is 2.64. The molecule has 0 aliphatic heterocycles. The van der Waals surface area contributed by atoms with Crippen molar-refractivity contribution in [3.05, 3.63) is 72.8 Å². The van der Waals surface area contributed by atoms with E-state index >= 15 is 0 Å². The number of pyridine rings is 2. The molecule has 3 aromatic heterocycles. The summed E-state index contributed by atoms with van der Waals surface area (Å²) in [7, 11) is 0. The second-order valence-corrected chi connectivity index (χ2v) is 6.35. The average Bonchev–Trinajstić information content (AvgIpc) is 2.71. The van der Waals surface area contributed by atoms with Crippen molar-refractivity contribution < 1.29 is 4.74 Å². The summed E-state index contributed by atoms with van der Waals surface area (Å²) in [5, 5.41) is 3.27. The van der Waals surface area contributed by atoms with Crippen molar-refractivity contribution in [1.29, 1.82) is 0 Å². The molecule has 0 amide bonds. The van der Waals surface area contributed by atoms with E-state index in [1.54, 1.807) is 24.7 Å². The van der Waals surface area contributed by atoms with Gasteiger partial charge >= 0.3 is 0 Å². The molecule has 8 heteroatoms. The van der Waals surface area contributed by atoms with Gasteiger partial charge in [-0.15, -0.1) is 0 Å². The average molecular weight is 385 g/mol. The molecule has 4 aromatic rings. The molecule has 0 radical (unpaired) electrons. The largest absolute Gasteiger partial charge is 0.457 e. The Labute approximate surface area is 167 Å². The van der Waals surface area contributed by atoms with Crippen LogP contribution in [0.1, 0.15) is 5.69 Å². The standard InChI is InChI=1S/C21H19N7O/c1-13-10-17(8-9-24-13)29-16-5-3-15(4-6-16)27-20-18(12-26-21(23)28-20)14-2-7-19(22)25-11-14/h2-12H,1H3,(H2,22,25)(H3,23,26,27,28). The fraction of sp³-hybridized carbons (Fsp3) is 0.0476. The van der Waals surface area contributed by atoms with Crippen LogP contribution in [-0.2, 0) is 0 Å². The summed E-state index contributed by atoms with van der Waals surface area (Å²) >= 11 is 0. The highest BCUT2D eigenvalue weighted by atomic mass is 16.5. The smallest absolute Gasteiger partial charge is 0.221 e. The van der Waals surface area contributed by atoms with Crippen molar-refractivity contribution >= 4 is 23.3 Å². The van der Waals surface area contributed by atoms with E-state index in [0.29, 0.717) is 17.4 Å². The molecule has 0 unspecified atom stereocenters. The number of nitrogens with zero attached hydrogens (tertiary/aromatic N) is 4. The van der Waals surface area contributed by atoms with Gasteiger partial charge in [0, 0.05) is 47.2 Å². The zero-order valence-corrected chi connectivity index (χ0v) is 15.7. The van der Waals surface area contributed by atoms with Crippen LogP contribution in [0.3, 0.4) is 0 Å². The number of hydrogen-bond donors (Lipinski definition) is 3. The Balaban J connectivity index is 1.56. The molecule has 0 aliphatic rings. The Bertz CT molecular complexity index is 1130. The zero-order chi connectivity index (χ0) is 20.2. The first kappa shape index (κ1) is 18.2. The van der Waals surface area contributed by atoms with Crippen molar-refractivity contribution in [2.45, 2.75) is 6.92 Å². The van der Waals surface area contributed by atoms with E-state index in [2.05, 4.69) is 25.3 Å². The minimum atomic E-state index is 0.174. The number of anilines is 4. The van der Waals surface area contributed by atoms with Gasteiger partial charge in [-0.2, -0.15) is 4.98 Å². The van der Waals surface area contributed by atoms with E-state index in [1.807, 2.05) is 49.4 Å². The van der Waals surface area contributed by atoms with Gasteiger partial charge in [0.05, 0.1) is 0 Å². The number of rotatable bonds is 5. The molecule has 0 fully saturated rings. The molecular formula is C21H19N7O. The van der Waals surface area contributed by atoms with Crippen LogP contribution in [0.4, 0.5) is 23.3 Å². The molecule has 3 heterocycles. The lowest BCUT2D eigenvalue weighted by Crippen LogP contribution is -2.02. The quantitative estimate of drug-likeness (QED) is 0.472. The monoisotopic (exact) mass is 385 g/mol. The summed E-state index contributed by atoms with van der Waals surface area (Å²) in [6.07, 6.45) is 5.04. The Morgan fingerprint density at radius 3 is 2.41 bits per heavy atom. The number of benzene rings is 1. The second kappa shape index (κ2) is 7.81. The van der Waals surface area contributed by atoms with Gasteiger partial charge in [0.1, 0.15) is 23.1 Å².